The number of ether oxygens (including phenoxy) is 1. The number of halogens is 1. The first kappa shape index (κ1) is 14.4. The largest absolute Gasteiger partial charge is 0.473 e. The molecule has 0 atom stereocenters. The van der Waals surface area contributed by atoms with Crippen LogP contribution >= 0.6 is 11.6 Å². The van der Waals surface area contributed by atoms with Gasteiger partial charge in [-0.2, -0.15) is 0 Å². The molecule has 4 heteroatoms. The van der Waals surface area contributed by atoms with Crippen LogP contribution in [0.3, 0.4) is 0 Å². The molecular formula is C17H19ClN2O. The third kappa shape index (κ3) is 4.19. The molecule has 0 spiro atoms. The van der Waals surface area contributed by atoms with Crippen molar-refractivity contribution in [2.24, 2.45) is 0 Å². The second-order valence-electron chi connectivity index (χ2n) is 5.46. The first-order valence-corrected chi connectivity index (χ1v) is 7.65. The van der Waals surface area contributed by atoms with E-state index in [4.69, 9.17) is 16.3 Å². The second-order valence-corrected chi connectivity index (χ2v) is 5.90. The maximum atomic E-state index is 5.86. The molecule has 110 valence electrons. The Balaban J connectivity index is 1.57. The minimum atomic E-state index is 0.503. The summed E-state index contributed by atoms with van der Waals surface area (Å²) in [7, 11) is 0. The molecule has 0 aliphatic heterocycles. The van der Waals surface area contributed by atoms with Crippen LogP contribution in [0.25, 0.3) is 0 Å². The van der Waals surface area contributed by atoms with Crippen LogP contribution in [-0.4, -0.2) is 11.0 Å². The highest BCUT2D eigenvalue weighted by atomic mass is 35.5. The zero-order chi connectivity index (χ0) is 14.7. The number of rotatable bonds is 6. The van der Waals surface area contributed by atoms with Crippen molar-refractivity contribution in [2.45, 2.75) is 39.0 Å². The Morgan fingerprint density at radius 1 is 1.19 bits per heavy atom. The summed E-state index contributed by atoms with van der Waals surface area (Å²) in [6, 6.07) is 12.4. The van der Waals surface area contributed by atoms with Gasteiger partial charge in [-0.15, -0.1) is 0 Å². The van der Waals surface area contributed by atoms with E-state index in [9.17, 15) is 0 Å². The highest BCUT2D eigenvalue weighted by molar-refractivity contribution is 6.30. The highest BCUT2D eigenvalue weighted by Crippen LogP contribution is 2.20. The molecule has 21 heavy (non-hydrogen) atoms. The molecule has 0 saturated heterocycles. The number of nitrogens with zero attached hydrogens (tertiary/aromatic N) is 1. The Morgan fingerprint density at radius 3 is 2.62 bits per heavy atom. The monoisotopic (exact) mass is 302 g/mol. The maximum Gasteiger partial charge on any atom is 0.213 e. The van der Waals surface area contributed by atoms with Crippen LogP contribution in [0.5, 0.6) is 5.88 Å². The number of nitrogens with one attached hydrogen (secondary N) is 1. The number of hydrogen-bond donors (Lipinski definition) is 1. The van der Waals surface area contributed by atoms with Crippen molar-refractivity contribution >= 4 is 11.6 Å². The van der Waals surface area contributed by atoms with Crippen LogP contribution in [0.2, 0.25) is 5.02 Å². The molecule has 3 nitrogen and oxygen atoms in total. The predicted molar refractivity (Wildman–Crippen MR) is 84.6 cm³/mol. The average Bonchev–Trinajstić information content (AvgIpc) is 3.30. The Hall–Kier alpha value is -1.58. The van der Waals surface area contributed by atoms with E-state index in [2.05, 4.69) is 16.4 Å². The van der Waals surface area contributed by atoms with Gasteiger partial charge in [-0.3, -0.25) is 0 Å². The lowest BCUT2D eigenvalue weighted by atomic mass is 10.2. The summed E-state index contributed by atoms with van der Waals surface area (Å²) in [5.41, 5.74) is 3.34. The van der Waals surface area contributed by atoms with Crippen LogP contribution in [0.1, 0.15) is 29.7 Å². The van der Waals surface area contributed by atoms with Gasteiger partial charge in [0.1, 0.15) is 6.61 Å². The van der Waals surface area contributed by atoms with Crippen molar-refractivity contribution in [2.75, 3.05) is 0 Å². The molecule has 1 saturated carbocycles. The van der Waals surface area contributed by atoms with Gasteiger partial charge in [-0.05, 0) is 43.0 Å². The van der Waals surface area contributed by atoms with E-state index in [0.717, 1.165) is 22.8 Å². The van der Waals surface area contributed by atoms with E-state index in [-0.39, 0.29) is 0 Å². The highest BCUT2D eigenvalue weighted by Gasteiger charge is 2.20. The van der Waals surface area contributed by atoms with E-state index < -0.39 is 0 Å². The van der Waals surface area contributed by atoms with Crippen LogP contribution in [-0.2, 0) is 13.2 Å². The van der Waals surface area contributed by atoms with Gasteiger partial charge < -0.3 is 10.1 Å². The van der Waals surface area contributed by atoms with Crippen molar-refractivity contribution in [1.82, 2.24) is 10.3 Å². The fourth-order valence-electron chi connectivity index (χ4n) is 2.11. The first-order chi connectivity index (χ1) is 10.2. The first-order valence-electron chi connectivity index (χ1n) is 7.28. The summed E-state index contributed by atoms with van der Waals surface area (Å²) in [5.74, 6) is 0.664. The zero-order valence-corrected chi connectivity index (χ0v) is 12.9. The topological polar surface area (TPSA) is 34.1 Å². The van der Waals surface area contributed by atoms with Crippen molar-refractivity contribution in [1.29, 1.82) is 0 Å². The van der Waals surface area contributed by atoms with E-state index in [0.29, 0.717) is 18.5 Å². The number of benzene rings is 1. The van der Waals surface area contributed by atoms with Crippen LogP contribution in [0, 0.1) is 6.92 Å². The SMILES string of the molecule is Cc1nc(OCc2ccc(Cl)cc2)ccc1CNC1CC1. The molecule has 2 aromatic rings. The minimum Gasteiger partial charge on any atom is -0.473 e. The van der Waals surface area contributed by atoms with Gasteiger partial charge in [0.25, 0.3) is 0 Å². The molecule has 1 aromatic carbocycles. The van der Waals surface area contributed by atoms with Gasteiger partial charge >= 0.3 is 0 Å². The number of hydrogen-bond acceptors (Lipinski definition) is 3. The average molecular weight is 303 g/mol. The number of aromatic nitrogens is 1. The summed E-state index contributed by atoms with van der Waals surface area (Å²) in [5, 5.41) is 4.24. The fraction of sp³-hybridized carbons (Fsp3) is 0.353. The molecular weight excluding hydrogens is 284 g/mol. The Bertz CT molecular complexity index is 609. The lowest BCUT2D eigenvalue weighted by molar-refractivity contribution is 0.293. The third-order valence-corrected chi connectivity index (χ3v) is 3.88. The summed E-state index contributed by atoms with van der Waals surface area (Å²) in [6.07, 6.45) is 2.60. The molecule has 1 N–H and O–H groups in total. The quantitative estimate of drug-likeness (QED) is 0.879. The van der Waals surface area contributed by atoms with E-state index >= 15 is 0 Å². The van der Waals surface area contributed by atoms with E-state index in [1.165, 1.54) is 18.4 Å². The van der Waals surface area contributed by atoms with Crippen molar-refractivity contribution in [3.8, 4) is 5.88 Å². The summed E-state index contributed by atoms with van der Waals surface area (Å²) in [6.45, 7) is 3.42. The van der Waals surface area contributed by atoms with Gasteiger partial charge in [0, 0.05) is 29.4 Å². The zero-order valence-electron chi connectivity index (χ0n) is 12.1. The molecule has 3 rings (SSSR count). The van der Waals surface area contributed by atoms with Gasteiger partial charge in [0.15, 0.2) is 0 Å². The van der Waals surface area contributed by atoms with E-state index in [1.54, 1.807) is 0 Å². The van der Waals surface area contributed by atoms with Crippen LogP contribution in [0.15, 0.2) is 36.4 Å². The van der Waals surface area contributed by atoms with E-state index in [1.807, 2.05) is 37.3 Å². The molecule has 0 unspecified atom stereocenters. The molecule has 0 amide bonds. The smallest absolute Gasteiger partial charge is 0.213 e. The molecule has 1 aliphatic rings. The standard InChI is InChI=1S/C17H19ClN2O/c1-12-14(10-19-16-7-8-16)4-9-17(20-12)21-11-13-2-5-15(18)6-3-13/h2-6,9,16,19H,7-8,10-11H2,1H3. The van der Waals surface area contributed by atoms with Crippen molar-refractivity contribution in [3.63, 3.8) is 0 Å². The van der Waals surface area contributed by atoms with Gasteiger partial charge in [-0.1, -0.05) is 29.8 Å². The second kappa shape index (κ2) is 6.46. The van der Waals surface area contributed by atoms with Crippen molar-refractivity contribution in [3.05, 3.63) is 58.2 Å². The number of pyridine rings is 1. The van der Waals surface area contributed by atoms with Crippen LogP contribution in [0.4, 0.5) is 0 Å². The fourth-order valence-corrected chi connectivity index (χ4v) is 2.24. The lowest BCUT2D eigenvalue weighted by Gasteiger charge is -2.10. The normalized spacial score (nSPS) is 14.2. The molecule has 1 fully saturated rings. The minimum absolute atomic E-state index is 0.503. The van der Waals surface area contributed by atoms with Gasteiger partial charge in [0.05, 0.1) is 0 Å². The third-order valence-electron chi connectivity index (χ3n) is 3.63. The Labute approximate surface area is 130 Å². The van der Waals surface area contributed by atoms with Crippen molar-refractivity contribution < 1.29 is 4.74 Å². The lowest BCUT2D eigenvalue weighted by Crippen LogP contribution is -2.16. The molecule has 1 heterocycles. The number of aryl methyl sites for hydroxylation is 1. The van der Waals surface area contributed by atoms with Gasteiger partial charge in [-0.25, -0.2) is 4.98 Å². The summed E-state index contributed by atoms with van der Waals surface area (Å²) < 4.78 is 5.73. The predicted octanol–water partition coefficient (Wildman–Crippen LogP) is 3.87. The molecule has 0 bridgehead atoms. The Kier molecular flexibility index (Phi) is 4.42. The van der Waals surface area contributed by atoms with Crippen LogP contribution < -0.4 is 10.1 Å². The molecule has 1 aliphatic carbocycles. The van der Waals surface area contributed by atoms with Gasteiger partial charge in [0.2, 0.25) is 5.88 Å². The maximum absolute atomic E-state index is 5.86. The molecule has 0 radical (unpaired) electrons. The summed E-state index contributed by atoms with van der Waals surface area (Å²) >= 11 is 5.86. The summed E-state index contributed by atoms with van der Waals surface area (Å²) in [4.78, 5) is 4.52. The Morgan fingerprint density at radius 2 is 1.95 bits per heavy atom. The molecule has 1 aromatic heterocycles.